The second kappa shape index (κ2) is 8.34. The van der Waals surface area contributed by atoms with Crippen molar-refractivity contribution in [3.05, 3.63) is 59.8 Å². The molecule has 2 N–H and O–H groups in total. The van der Waals surface area contributed by atoms with E-state index in [2.05, 4.69) is 20.7 Å². The fraction of sp³-hybridized carbons (Fsp3) is 0.235. The second-order valence-electron chi connectivity index (χ2n) is 5.06. The number of aromatic amines is 1. The van der Waals surface area contributed by atoms with Gasteiger partial charge in [0.15, 0.2) is 5.71 Å². The first-order chi connectivity index (χ1) is 12.0. The number of alkyl halides is 1. The fourth-order valence-corrected chi connectivity index (χ4v) is 2.52. The predicted octanol–water partition coefficient (Wildman–Crippen LogP) is 2.58. The van der Waals surface area contributed by atoms with Gasteiger partial charge in [0.05, 0.1) is 6.20 Å². The van der Waals surface area contributed by atoms with E-state index in [9.17, 15) is 4.79 Å². The molecule has 0 aliphatic rings. The fourth-order valence-electron chi connectivity index (χ4n) is 2.15. The molecule has 0 bridgehead atoms. The number of carbonyl (C=O) groups excluding carboxylic acids is 1. The van der Waals surface area contributed by atoms with E-state index in [-0.39, 0.29) is 5.71 Å². The molecule has 7 nitrogen and oxygen atoms in total. The number of benzene rings is 1. The van der Waals surface area contributed by atoms with E-state index in [1.165, 1.54) is 14.2 Å². The van der Waals surface area contributed by atoms with E-state index in [0.29, 0.717) is 17.0 Å². The van der Waals surface area contributed by atoms with E-state index >= 15 is 0 Å². The normalized spacial score (nSPS) is 14.6. The summed E-state index contributed by atoms with van der Waals surface area (Å²) >= 11 is 6.77. The van der Waals surface area contributed by atoms with E-state index in [1.54, 1.807) is 25.3 Å². The van der Waals surface area contributed by atoms with Gasteiger partial charge in [-0.15, -0.1) is 0 Å². The average molecular weight is 363 g/mol. The molecule has 25 heavy (non-hydrogen) atoms. The smallest absolute Gasteiger partial charge is 0.273 e. The molecule has 1 aromatic heterocycles. The van der Waals surface area contributed by atoms with Crippen molar-refractivity contribution in [2.75, 3.05) is 14.2 Å². The molecule has 0 fully saturated rings. The molecule has 0 spiro atoms. The highest BCUT2D eigenvalue weighted by Gasteiger charge is 2.31. The minimum absolute atomic E-state index is 0.0965. The Morgan fingerprint density at radius 3 is 2.64 bits per heavy atom. The highest BCUT2D eigenvalue weighted by molar-refractivity contribution is 6.45. The topological polar surface area (TPSA) is 88.6 Å². The summed E-state index contributed by atoms with van der Waals surface area (Å²) in [5.74, 6) is -0.0164. The van der Waals surface area contributed by atoms with Crippen LogP contribution in [0.5, 0.6) is 5.88 Å². The lowest BCUT2D eigenvalue weighted by Gasteiger charge is -2.25. The monoisotopic (exact) mass is 362 g/mol. The molecular formula is C17H19ClN4O3. The maximum absolute atomic E-state index is 12.0. The Labute approximate surface area is 150 Å². The lowest BCUT2D eigenvalue weighted by Crippen LogP contribution is -2.31. The number of rotatable bonds is 7. The zero-order chi connectivity index (χ0) is 18.3. The van der Waals surface area contributed by atoms with Gasteiger partial charge in [-0.1, -0.05) is 47.1 Å². The summed E-state index contributed by atoms with van der Waals surface area (Å²) in [6.45, 7) is 1.70. The molecule has 0 aliphatic carbocycles. The van der Waals surface area contributed by atoms with Gasteiger partial charge in [0, 0.05) is 18.7 Å². The molecule has 2 aromatic rings. The second-order valence-corrected chi connectivity index (χ2v) is 5.62. The van der Waals surface area contributed by atoms with Gasteiger partial charge in [0.25, 0.3) is 5.91 Å². The Hall–Kier alpha value is -2.80. The van der Waals surface area contributed by atoms with E-state index in [4.69, 9.17) is 21.2 Å². The maximum Gasteiger partial charge on any atom is 0.273 e. The quantitative estimate of drug-likeness (QED) is 0.450. The van der Waals surface area contributed by atoms with Crippen LogP contribution in [-0.4, -0.2) is 36.0 Å². The van der Waals surface area contributed by atoms with Crippen LogP contribution in [0, 0.1) is 0 Å². The van der Waals surface area contributed by atoms with Crippen molar-refractivity contribution in [1.82, 2.24) is 15.5 Å². The SMILES string of the molecule is CNC(=O)C(=NOC)C(C)=CC(Cl)(Oc1ccn[nH]1)c1ccccc1. The minimum Gasteiger partial charge on any atom is -0.448 e. The molecule has 8 heteroatoms. The summed E-state index contributed by atoms with van der Waals surface area (Å²) < 4.78 is 5.88. The summed E-state index contributed by atoms with van der Waals surface area (Å²) in [4.78, 5) is 16.8. The van der Waals surface area contributed by atoms with Gasteiger partial charge in [0.1, 0.15) is 7.11 Å². The summed E-state index contributed by atoms with van der Waals surface area (Å²) in [6.07, 6.45) is 3.15. The first kappa shape index (κ1) is 18.5. The molecule has 0 saturated carbocycles. The Balaban J connectivity index is 2.48. The number of ether oxygens (including phenoxy) is 1. The Morgan fingerprint density at radius 2 is 2.08 bits per heavy atom. The predicted molar refractivity (Wildman–Crippen MR) is 95.5 cm³/mol. The van der Waals surface area contributed by atoms with Crippen LogP contribution in [0.1, 0.15) is 12.5 Å². The van der Waals surface area contributed by atoms with Gasteiger partial charge in [0.2, 0.25) is 10.9 Å². The molecule has 0 radical (unpaired) electrons. The van der Waals surface area contributed by atoms with Crippen LogP contribution in [0.25, 0.3) is 0 Å². The standard InChI is InChI=1S/C17H19ClN4O3/c1-12(15(22-24-3)16(23)19-2)11-17(18,13-7-5-4-6-8-13)25-14-9-10-20-21-14/h4-11H,1-3H3,(H,19,23)(H,20,21). The molecule has 0 saturated heterocycles. The molecular weight excluding hydrogens is 344 g/mol. The van der Waals surface area contributed by atoms with Crippen molar-refractivity contribution in [3.63, 3.8) is 0 Å². The zero-order valence-corrected chi connectivity index (χ0v) is 14.9. The van der Waals surface area contributed by atoms with Crippen molar-refractivity contribution < 1.29 is 14.4 Å². The molecule has 2 rings (SSSR count). The van der Waals surface area contributed by atoms with Crippen molar-refractivity contribution >= 4 is 23.2 Å². The molecule has 1 amide bonds. The number of nitrogens with zero attached hydrogens (tertiary/aromatic N) is 2. The molecule has 1 unspecified atom stereocenters. The van der Waals surface area contributed by atoms with Crippen LogP contribution in [0.4, 0.5) is 0 Å². The lowest BCUT2D eigenvalue weighted by atomic mass is 10.0. The Kier molecular flexibility index (Phi) is 6.19. The molecule has 0 aliphatic heterocycles. The number of nitrogens with one attached hydrogen (secondary N) is 2. The molecule has 1 aromatic carbocycles. The van der Waals surface area contributed by atoms with Crippen molar-refractivity contribution in [2.45, 2.75) is 12.0 Å². The number of carbonyl (C=O) groups is 1. The van der Waals surface area contributed by atoms with Crippen LogP contribution < -0.4 is 10.1 Å². The van der Waals surface area contributed by atoms with Gasteiger partial charge in [-0.2, -0.15) is 5.10 Å². The number of H-pyrrole nitrogens is 1. The van der Waals surface area contributed by atoms with Gasteiger partial charge in [-0.05, 0) is 18.6 Å². The van der Waals surface area contributed by atoms with Crippen LogP contribution >= 0.6 is 11.6 Å². The summed E-state index contributed by atoms with van der Waals surface area (Å²) in [6, 6.07) is 10.8. The van der Waals surface area contributed by atoms with Crippen molar-refractivity contribution in [2.24, 2.45) is 5.16 Å². The number of amides is 1. The third kappa shape index (κ3) is 4.60. The summed E-state index contributed by atoms with van der Waals surface area (Å²) in [5, 5.41) is 11.5. The minimum atomic E-state index is -1.37. The lowest BCUT2D eigenvalue weighted by molar-refractivity contribution is -0.114. The summed E-state index contributed by atoms with van der Waals surface area (Å²) in [7, 11) is 2.87. The van der Waals surface area contributed by atoms with Crippen LogP contribution in [-0.2, 0) is 14.7 Å². The van der Waals surface area contributed by atoms with Crippen molar-refractivity contribution in [1.29, 1.82) is 0 Å². The summed E-state index contributed by atoms with van der Waals surface area (Å²) in [5.41, 5.74) is 1.26. The maximum atomic E-state index is 12.0. The number of aromatic nitrogens is 2. The third-order valence-electron chi connectivity index (χ3n) is 3.30. The van der Waals surface area contributed by atoms with Gasteiger partial charge >= 0.3 is 0 Å². The number of hydrogen-bond donors (Lipinski definition) is 2. The van der Waals surface area contributed by atoms with E-state index in [1.807, 2.05) is 30.3 Å². The largest absolute Gasteiger partial charge is 0.448 e. The molecule has 1 heterocycles. The van der Waals surface area contributed by atoms with Crippen molar-refractivity contribution in [3.8, 4) is 5.88 Å². The van der Waals surface area contributed by atoms with Crippen LogP contribution in [0.3, 0.4) is 0 Å². The number of halogens is 1. The highest BCUT2D eigenvalue weighted by Crippen LogP contribution is 2.34. The average Bonchev–Trinajstić information content (AvgIpc) is 3.12. The van der Waals surface area contributed by atoms with Gasteiger partial charge in [-0.3, -0.25) is 4.79 Å². The Bertz CT molecular complexity index is 759. The van der Waals surface area contributed by atoms with Gasteiger partial charge < -0.3 is 14.9 Å². The third-order valence-corrected chi connectivity index (χ3v) is 3.71. The first-order valence-corrected chi connectivity index (χ1v) is 7.84. The van der Waals surface area contributed by atoms with Crippen LogP contribution in [0.15, 0.2) is 59.4 Å². The van der Waals surface area contributed by atoms with E-state index < -0.39 is 11.0 Å². The number of hydrogen-bond acceptors (Lipinski definition) is 5. The molecule has 132 valence electrons. The van der Waals surface area contributed by atoms with Crippen LogP contribution in [0.2, 0.25) is 0 Å². The zero-order valence-electron chi connectivity index (χ0n) is 14.1. The van der Waals surface area contributed by atoms with E-state index in [0.717, 1.165) is 0 Å². The molecule has 1 atom stereocenters. The highest BCUT2D eigenvalue weighted by atomic mass is 35.5. The Morgan fingerprint density at radius 1 is 1.36 bits per heavy atom. The van der Waals surface area contributed by atoms with Gasteiger partial charge in [-0.25, -0.2) is 5.10 Å². The first-order valence-electron chi connectivity index (χ1n) is 7.46. The number of oxime groups is 1.